The largest absolute Gasteiger partial charge is 0.495 e. The summed E-state index contributed by atoms with van der Waals surface area (Å²) in [4.78, 5) is 15.8. The third kappa shape index (κ3) is 1.74. The Bertz CT molecular complexity index is 376. The summed E-state index contributed by atoms with van der Waals surface area (Å²) in [7, 11) is 1.64. The normalized spacial score (nSPS) is 25.6. The second-order valence-corrected chi connectivity index (χ2v) is 3.99. The van der Waals surface area contributed by atoms with Gasteiger partial charge in [0, 0.05) is 24.5 Å². The highest BCUT2D eigenvalue weighted by Crippen LogP contribution is 2.39. The van der Waals surface area contributed by atoms with Crippen LogP contribution in [0.3, 0.4) is 0 Å². The van der Waals surface area contributed by atoms with Gasteiger partial charge < -0.3 is 4.74 Å². The molecule has 1 aliphatic rings. The van der Waals surface area contributed by atoms with Gasteiger partial charge in [-0.1, -0.05) is 6.92 Å². The number of nitrogens with zero attached hydrogens (tertiary/aromatic N) is 1. The summed E-state index contributed by atoms with van der Waals surface area (Å²) in [6, 6.07) is 3.75. The van der Waals surface area contributed by atoms with Gasteiger partial charge in [0.25, 0.3) is 0 Å². The van der Waals surface area contributed by atoms with Crippen LogP contribution in [0.1, 0.15) is 31.4 Å². The molecular weight excluding hydrogens is 190 g/mol. The van der Waals surface area contributed by atoms with Gasteiger partial charge >= 0.3 is 0 Å². The van der Waals surface area contributed by atoms with Crippen molar-refractivity contribution in [1.29, 1.82) is 0 Å². The lowest BCUT2D eigenvalue weighted by atomic mass is 9.93. The monoisotopic (exact) mass is 205 g/mol. The number of ketones is 1. The van der Waals surface area contributed by atoms with Gasteiger partial charge in [0.2, 0.25) is 0 Å². The fourth-order valence-electron chi connectivity index (χ4n) is 2.23. The van der Waals surface area contributed by atoms with E-state index in [0.29, 0.717) is 12.2 Å². The van der Waals surface area contributed by atoms with E-state index in [9.17, 15) is 4.79 Å². The molecule has 1 aromatic rings. The number of carbonyl (C=O) groups excluding carboxylic acids is 1. The molecule has 0 aromatic carbocycles. The van der Waals surface area contributed by atoms with Crippen LogP contribution in [0.15, 0.2) is 18.3 Å². The number of ether oxygens (including phenoxy) is 1. The minimum Gasteiger partial charge on any atom is -0.495 e. The maximum atomic E-state index is 11.5. The SMILES string of the molecule is COc1cccnc1C1CCC(=O)C1C. The predicted octanol–water partition coefficient (Wildman–Crippen LogP) is 2.17. The van der Waals surface area contributed by atoms with Crippen LogP contribution < -0.4 is 4.74 Å². The molecule has 0 amide bonds. The molecule has 2 atom stereocenters. The van der Waals surface area contributed by atoms with Crippen LogP contribution in [-0.4, -0.2) is 17.9 Å². The highest BCUT2D eigenvalue weighted by molar-refractivity contribution is 5.84. The first kappa shape index (κ1) is 10.1. The number of pyridine rings is 1. The van der Waals surface area contributed by atoms with E-state index in [1.165, 1.54) is 0 Å². The average molecular weight is 205 g/mol. The van der Waals surface area contributed by atoms with Crippen LogP contribution in [0.2, 0.25) is 0 Å². The molecule has 1 aromatic heterocycles. The summed E-state index contributed by atoms with van der Waals surface area (Å²) < 4.78 is 5.27. The van der Waals surface area contributed by atoms with Gasteiger partial charge in [0.05, 0.1) is 12.8 Å². The number of methoxy groups -OCH3 is 1. The van der Waals surface area contributed by atoms with Crippen molar-refractivity contribution in [2.45, 2.75) is 25.7 Å². The van der Waals surface area contributed by atoms with E-state index < -0.39 is 0 Å². The van der Waals surface area contributed by atoms with Gasteiger partial charge in [-0.15, -0.1) is 0 Å². The predicted molar refractivity (Wildman–Crippen MR) is 56.9 cm³/mol. The third-order valence-electron chi connectivity index (χ3n) is 3.18. The Hall–Kier alpha value is -1.38. The zero-order valence-corrected chi connectivity index (χ0v) is 9.06. The molecule has 0 bridgehead atoms. The number of hydrogen-bond acceptors (Lipinski definition) is 3. The Balaban J connectivity index is 2.33. The molecule has 3 heteroatoms. The van der Waals surface area contributed by atoms with Crippen LogP contribution in [-0.2, 0) is 4.79 Å². The molecule has 0 N–H and O–H groups in total. The topological polar surface area (TPSA) is 39.2 Å². The summed E-state index contributed by atoms with van der Waals surface area (Å²) >= 11 is 0. The molecule has 2 unspecified atom stereocenters. The first-order chi connectivity index (χ1) is 7.24. The fraction of sp³-hybridized carbons (Fsp3) is 0.500. The Kier molecular flexibility index (Phi) is 2.71. The van der Waals surface area contributed by atoms with Crippen LogP contribution in [0.4, 0.5) is 0 Å². The first-order valence-corrected chi connectivity index (χ1v) is 5.25. The zero-order chi connectivity index (χ0) is 10.8. The van der Waals surface area contributed by atoms with E-state index in [0.717, 1.165) is 17.9 Å². The standard InChI is InChI=1S/C12H15NO2/c1-8-9(5-6-10(8)14)12-11(15-2)4-3-7-13-12/h3-4,7-9H,5-6H2,1-2H3. The smallest absolute Gasteiger partial charge is 0.140 e. The van der Waals surface area contributed by atoms with Crippen molar-refractivity contribution in [2.75, 3.05) is 7.11 Å². The summed E-state index contributed by atoms with van der Waals surface area (Å²) in [6.45, 7) is 1.98. The second-order valence-electron chi connectivity index (χ2n) is 3.99. The molecule has 1 heterocycles. The van der Waals surface area contributed by atoms with Crippen molar-refractivity contribution in [1.82, 2.24) is 4.98 Å². The number of aromatic nitrogens is 1. The van der Waals surface area contributed by atoms with Crippen molar-refractivity contribution in [3.8, 4) is 5.75 Å². The summed E-state index contributed by atoms with van der Waals surface area (Å²) in [5.74, 6) is 1.44. The number of Topliss-reactive ketones (excluding diaryl/α,β-unsaturated/α-hetero) is 1. The lowest BCUT2D eigenvalue weighted by Crippen LogP contribution is -2.11. The molecule has 0 spiro atoms. The van der Waals surface area contributed by atoms with Crippen molar-refractivity contribution >= 4 is 5.78 Å². The molecule has 15 heavy (non-hydrogen) atoms. The maximum absolute atomic E-state index is 11.5. The third-order valence-corrected chi connectivity index (χ3v) is 3.18. The minimum atomic E-state index is 0.0776. The zero-order valence-electron chi connectivity index (χ0n) is 9.06. The summed E-state index contributed by atoms with van der Waals surface area (Å²) in [5.41, 5.74) is 0.929. The molecule has 1 fully saturated rings. The van der Waals surface area contributed by atoms with E-state index in [1.54, 1.807) is 13.3 Å². The Morgan fingerprint density at radius 2 is 2.33 bits per heavy atom. The van der Waals surface area contributed by atoms with Crippen molar-refractivity contribution < 1.29 is 9.53 Å². The Morgan fingerprint density at radius 3 is 2.93 bits per heavy atom. The average Bonchev–Trinajstić information content (AvgIpc) is 2.60. The first-order valence-electron chi connectivity index (χ1n) is 5.25. The molecule has 1 aliphatic carbocycles. The highest BCUT2D eigenvalue weighted by Gasteiger charge is 2.34. The quantitative estimate of drug-likeness (QED) is 0.742. The van der Waals surface area contributed by atoms with Crippen molar-refractivity contribution in [3.63, 3.8) is 0 Å². The minimum absolute atomic E-state index is 0.0776. The number of hydrogen-bond donors (Lipinski definition) is 0. The molecule has 80 valence electrons. The second kappa shape index (κ2) is 4.01. The molecule has 2 rings (SSSR count). The van der Waals surface area contributed by atoms with E-state index in [1.807, 2.05) is 19.1 Å². The van der Waals surface area contributed by atoms with Crippen LogP contribution in [0, 0.1) is 5.92 Å². The molecular formula is C12H15NO2. The molecule has 0 aliphatic heterocycles. The molecule has 3 nitrogen and oxygen atoms in total. The van der Waals surface area contributed by atoms with Gasteiger partial charge in [-0.2, -0.15) is 0 Å². The fourth-order valence-corrected chi connectivity index (χ4v) is 2.23. The Morgan fingerprint density at radius 1 is 1.53 bits per heavy atom. The lowest BCUT2D eigenvalue weighted by Gasteiger charge is -2.16. The van der Waals surface area contributed by atoms with Crippen LogP contribution in [0.5, 0.6) is 5.75 Å². The Labute approximate surface area is 89.5 Å². The van der Waals surface area contributed by atoms with E-state index in [-0.39, 0.29) is 11.8 Å². The van der Waals surface area contributed by atoms with Gasteiger partial charge in [0.15, 0.2) is 0 Å². The molecule has 0 saturated heterocycles. The molecule has 0 radical (unpaired) electrons. The van der Waals surface area contributed by atoms with Crippen LogP contribution in [0.25, 0.3) is 0 Å². The van der Waals surface area contributed by atoms with E-state index in [2.05, 4.69) is 4.98 Å². The number of rotatable bonds is 2. The lowest BCUT2D eigenvalue weighted by molar-refractivity contribution is -0.120. The van der Waals surface area contributed by atoms with Gasteiger partial charge in [-0.25, -0.2) is 0 Å². The maximum Gasteiger partial charge on any atom is 0.140 e. The summed E-state index contributed by atoms with van der Waals surface area (Å²) in [5, 5.41) is 0. The van der Waals surface area contributed by atoms with Gasteiger partial charge in [-0.05, 0) is 18.6 Å². The van der Waals surface area contributed by atoms with Crippen molar-refractivity contribution in [2.24, 2.45) is 5.92 Å². The van der Waals surface area contributed by atoms with Gasteiger partial charge in [0.1, 0.15) is 11.5 Å². The number of carbonyl (C=O) groups is 1. The van der Waals surface area contributed by atoms with Crippen molar-refractivity contribution in [3.05, 3.63) is 24.0 Å². The van der Waals surface area contributed by atoms with E-state index in [4.69, 9.17) is 4.74 Å². The van der Waals surface area contributed by atoms with Crippen LogP contribution >= 0.6 is 0 Å². The summed E-state index contributed by atoms with van der Waals surface area (Å²) in [6.07, 6.45) is 3.33. The molecule has 1 saturated carbocycles. The highest BCUT2D eigenvalue weighted by atomic mass is 16.5. The van der Waals surface area contributed by atoms with E-state index >= 15 is 0 Å². The van der Waals surface area contributed by atoms with Gasteiger partial charge in [-0.3, -0.25) is 9.78 Å².